The number of aromatic nitrogens is 2. The van der Waals surface area contributed by atoms with Gasteiger partial charge in [-0.15, -0.1) is 11.3 Å². The number of aromatic amines is 1. The Balaban J connectivity index is 2.22. The first-order chi connectivity index (χ1) is 7.36. The van der Waals surface area contributed by atoms with E-state index in [1.807, 2.05) is 0 Å². The van der Waals surface area contributed by atoms with Crippen LogP contribution in [-0.4, -0.2) is 9.97 Å². The van der Waals surface area contributed by atoms with Crippen LogP contribution in [0.15, 0.2) is 16.5 Å². The SMILES string of the molecule is O=c1[nH]cnc2scc(C3CCCC3)c12. The van der Waals surface area contributed by atoms with Gasteiger partial charge in [-0.1, -0.05) is 12.8 Å². The molecular formula is C11H12N2OS. The average Bonchev–Trinajstić information content (AvgIpc) is 2.85. The van der Waals surface area contributed by atoms with Gasteiger partial charge in [0.1, 0.15) is 4.83 Å². The van der Waals surface area contributed by atoms with Crippen molar-refractivity contribution in [3.8, 4) is 0 Å². The molecule has 0 unspecified atom stereocenters. The summed E-state index contributed by atoms with van der Waals surface area (Å²) in [5, 5.41) is 2.94. The summed E-state index contributed by atoms with van der Waals surface area (Å²) in [6.07, 6.45) is 6.51. The normalized spacial score (nSPS) is 17.6. The van der Waals surface area contributed by atoms with E-state index in [2.05, 4.69) is 15.3 Å². The van der Waals surface area contributed by atoms with Crippen LogP contribution >= 0.6 is 11.3 Å². The van der Waals surface area contributed by atoms with Gasteiger partial charge < -0.3 is 4.98 Å². The molecule has 0 atom stereocenters. The zero-order valence-corrected chi connectivity index (χ0v) is 9.14. The van der Waals surface area contributed by atoms with Gasteiger partial charge in [0.15, 0.2) is 0 Å². The second-order valence-corrected chi connectivity index (χ2v) is 4.94. The third-order valence-corrected chi connectivity index (χ3v) is 4.10. The molecule has 2 aromatic heterocycles. The molecule has 0 saturated heterocycles. The fraction of sp³-hybridized carbons (Fsp3) is 0.455. The molecule has 0 aliphatic heterocycles. The summed E-state index contributed by atoms with van der Waals surface area (Å²) in [5.74, 6) is 0.587. The van der Waals surface area contributed by atoms with Crippen LogP contribution in [0.1, 0.15) is 37.2 Å². The molecule has 1 N–H and O–H groups in total. The largest absolute Gasteiger partial charge is 0.313 e. The van der Waals surface area contributed by atoms with Gasteiger partial charge in [-0.05, 0) is 29.7 Å². The Kier molecular flexibility index (Phi) is 2.09. The second kappa shape index (κ2) is 3.45. The lowest BCUT2D eigenvalue weighted by atomic mass is 9.98. The summed E-state index contributed by atoms with van der Waals surface area (Å²) in [6.45, 7) is 0. The number of fused-ring (bicyclic) bond motifs is 1. The highest BCUT2D eigenvalue weighted by Gasteiger charge is 2.21. The highest BCUT2D eigenvalue weighted by molar-refractivity contribution is 7.16. The smallest absolute Gasteiger partial charge is 0.259 e. The third-order valence-electron chi connectivity index (χ3n) is 3.20. The molecule has 0 bridgehead atoms. The van der Waals surface area contributed by atoms with Crippen LogP contribution in [0.2, 0.25) is 0 Å². The van der Waals surface area contributed by atoms with E-state index in [0.29, 0.717) is 5.92 Å². The van der Waals surface area contributed by atoms with E-state index in [1.165, 1.54) is 37.6 Å². The predicted molar refractivity (Wildman–Crippen MR) is 61.4 cm³/mol. The molecule has 78 valence electrons. The lowest BCUT2D eigenvalue weighted by Crippen LogP contribution is -2.07. The van der Waals surface area contributed by atoms with Crippen LogP contribution in [0, 0.1) is 0 Å². The van der Waals surface area contributed by atoms with Crippen LogP contribution in [0.3, 0.4) is 0 Å². The average molecular weight is 220 g/mol. The van der Waals surface area contributed by atoms with Crippen molar-refractivity contribution in [1.29, 1.82) is 0 Å². The van der Waals surface area contributed by atoms with Crippen molar-refractivity contribution in [3.63, 3.8) is 0 Å². The van der Waals surface area contributed by atoms with Crippen molar-refractivity contribution in [2.45, 2.75) is 31.6 Å². The van der Waals surface area contributed by atoms with Gasteiger partial charge in [0, 0.05) is 0 Å². The topological polar surface area (TPSA) is 45.8 Å². The molecular weight excluding hydrogens is 208 g/mol. The highest BCUT2D eigenvalue weighted by atomic mass is 32.1. The first kappa shape index (κ1) is 9.09. The molecule has 0 spiro atoms. The van der Waals surface area contributed by atoms with E-state index < -0.39 is 0 Å². The highest BCUT2D eigenvalue weighted by Crippen LogP contribution is 2.38. The number of H-pyrrole nitrogens is 1. The molecule has 15 heavy (non-hydrogen) atoms. The van der Waals surface area contributed by atoms with Gasteiger partial charge in [-0.2, -0.15) is 0 Å². The summed E-state index contributed by atoms with van der Waals surface area (Å²) in [6, 6.07) is 0. The van der Waals surface area contributed by atoms with E-state index >= 15 is 0 Å². The summed E-state index contributed by atoms with van der Waals surface area (Å²) >= 11 is 1.58. The monoisotopic (exact) mass is 220 g/mol. The van der Waals surface area contributed by atoms with E-state index in [-0.39, 0.29) is 5.56 Å². The molecule has 1 saturated carbocycles. The Morgan fingerprint density at radius 3 is 3.00 bits per heavy atom. The number of rotatable bonds is 1. The maximum Gasteiger partial charge on any atom is 0.259 e. The molecule has 2 aromatic rings. The van der Waals surface area contributed by atoms with Gasteiger partial charge in [0.05, 0.1) is 11.7 Å². The van der Waals surface area contributed by atoms with Crippen LogP contribution in [-0.2, 0) is 0 Å². The van der Waals surface area contributed by atoms with Crippen LogP contribution in [0.4, 0.5) is 0 Å². The lowest BCUT2D eigenvalue weighted by Gasteiger charge is -2.05. The number of hydrogen-bond donors (Lipinski definition) is 1. The van der Waals surface area contributed by atoms with Crippen molar-refractivity contribution in [3.05, 3.63) is 27.6 Å². The summed E-state index contributed by atoms with van der Waals surface area (Å²) in [4.78, 5) is 19.5. The summed E-state index contributed by atoms with van der Waals surface area (Å²) in [7, 11) is 0. The Labute approximate surface area is 91.2 Å². The van der Waals surface area contributed by atoms with Gasteiger partial charge in [-0.3, -0.25) is 4.79 Å². The molecule has 1 aliphatic carbocycles. The van der Waals surface area contributed by atoms with E-state index in [9.17, 15) is 4.79 Å². The van der Waals surface area contributed by atoms with Gasteiger partial charge in [0.25, 0.3) is 5.56 Å². The fourth-order valence-electron chi connectivity index (χ4n) is 2.44. The van der Waals surface area contributed by atoms with E-state index in [4.69, 9.17) is 0 Å². The van der Waals surface area contributed by atoms with Gasteiger partial charge in [0.2, 0.25) is 0 Å². The zero-order valence-electron chi connectivity index (χ0n) is 8.32. The number of thiophene rings is 1. The Morgan fingerprint density at radius 1 is 1.40 bits per heavy atom. The molecule has 1 aliphatic rings. The number of nitrogens with one attached hydrogen (secondary N) is 1. The molecule has 4 heteroatoms. The van der Waals surface area contributed by atoms with E-state index in [0.717, 1.165) is 10.2 Å². The number of hydrogen-bond acceptors (Lipinski definition) is 3. The quantitative estimate of drug-likeness (QED) is 0.803. The lowest BCUT2D eigenvalue weighted by molar-refractivity contribution is 0.731. The standard InChI is InChI=1S/C11H12N2OS/c14-10-9-8(7-3-1-2-4-7)5-15-11(9)13-6-12-10/h5-7H,1-4H2,(H,12,13,14). The van der Waals surface area contributed by atoms with Crippen molar-refractivity contribution >= 4 is 21.6 Å². The maximum atomic E-state index is 11.7. The predicted octanol–water partition coefficient (Wildman–Crippen LogP) is 2.64. The molecule has 0 aromatic carbocycles. The molecule has 1 fully saturated rings. The van der Waals surface area contributed by atoms with Crippen LogP contribution < -0.4 is 5.56 Å². The maximum absolute atomic E-state index is 11.7. The minimum Gasteiger partial charge on any atom is -0.313 e. The van der Waals surface area contributed by atoms with Crippen LogP contribution in [0.25, 0.3) is 10.2 Å². The third kappa shape index (κ3) is 1.40. The van der Waals surface area contributed by atoms with Gasteiger partial charge >= 0.3 is 0 Å². The minimum atomic E-state index is 0.0168. The Morgan fingerprint density at radius 2 is 2.20 bits per heavy atom. The summed E-state index contributed by atoms with van der Waals surface area (Å²) in [5.41, 5.74) is 1.24. The molecule has 2 heterocycles. The minimum absolute atomic E-state index is 0.0168. The number of nitrogens with zero attached hydrogens (tertiary/aromatic N) is 1. The van der Waals surface area contributed by atoms with E-state index in [1.54, 1.807) is 11.3 Å². The molecule has 3 rings (SSSR count). The van der Waals surface area contributed by atoms with Crippen molar-refractivity contribution in [2.24, 2.45) is 0 Å². The molecule has 3 nitrogen and oxygen atoms in total. The molecule has 0 radical (unpaired) electrons. The first-order valence-electron chi connectivity index (χ1n) is 5.31. The Bertz CT molecular complexity index is 537. The zero-order chi connectivity index (χ0) is 10.3. The van der Waals surface area contributed by atoms with Gasteiger partial charge in [-0.25, -0.2) is 4.98 Å². The van der Waals surface area contributed by atoms with Crippen LogP contribution in [0.5, 0.6) is 0 Å². The second-order valence-electron chi connectivity index (χ2n) is 4.08. The summed E-state index contributed by atoms with van der Waals surface area (Å²) < 4.78 is 0. The van der Waals surface area contributed by atoms with Crippen molar-refractivity contribution in [1.82, 2.24) is 9.97 Å². The molecule has 0 amide bonds. The van der Waals surface area contributed by atoms with Crippen molar-refractivity contribution in [2.75, 3.05) is 0 Å². The Hall–Kier alpha value is -1.16. The fourth-order valence-corrected chi connectivity index (χ4v) is 3.43. The first-order valence-corrected chi connectivity index (χ1v) is 6.19. The van der Waals surface area contributed by atoms with Crippen molar-refractivity contribution < 1.29 is 0 Å².